The van der Waals surface area contributed by atoms with Gasteiger partial charge in [0.1, 0.15) is 5.83 Å². The Morgan fingerprint density at radius 1 is 1.61 bits per heavy atom. The molecule has 4 nitrogen and oxygen atoms in total. The van der Waals surface area contributed by atoms with Crippen molar-refractivity contribution in [3.05, 3.63) is 23.6 Å². The number of halogens is 1. The number of aliphatic hydroxyl groups is 1. The molecule has 0 aromatic rings. The zero-order chi connectivity index (χ0) is 13.1. The fourth-order valence-corrected chi connectivity index (χ4v) is 2.30. The van der Waals surface area contributed by atoms with Crippen LogP contribution in [0.15, 0.2) is 23.6 Å². The van der Waals surface area contributed by atoms with Crippen LogP contribution in [-0.4, -0.2) is 49.3 Å². The minimum atomic E-state index is -0.248. The number of carbonyl (C=O) groups excluding carboxylic acids is 1. The molecule has 2 rings (SSSR count). The predicted molar refractivity (Wildman–Crippen MR) is 64.4 cm³/mol. The lowest BCUT2D eigenvalue weighted by Crippen LogP contribution is -2.51. The Labute approximate surface area is 106 Å². The van der Waals surface area contributed by atoms with Crippen LogP contribution in [0.2, 0.25) is 0 Å². The molecule has 100 valence electrons. The molecule has 0 saturated carbocycles. The Morgan fingerprint density at radius 2 is 2.33 bits per heavy atom. The second-order valence-corrected chi connectivity index (χ2v) is 4.84. The number of allylic oxidation sites excluding steroid dienone is 1. The predicted octanol–water partition coefficient (Wildman–Crippen LogP) is 0.883. The van der Waals surface area contributed by atoms with Gasteiger partial charge in [-0.2, -0.15) is 0 Å². The van der Waals surface area contributed by atoms with E-state index in [2.05, 4.69) is 4.74 Å². The van der Waals surface area contributed by atoms with Gasteiger partial charge in [0.25, 0.3) is 0 Å². The molecule has 1 aliphatic carbocycles. The molecule has 0 amide bonds. The van der Waals surface area contributed by atoms with E-state index in [0.717, 1.165) is 0 Å². The van der Waals surface area contributed by atoms with E-state index in [1.54, 1.807) is 0 Å². The standard InChI is InChI=1S/C13H18FNO3/c1-18-13(17)11-6-15(7-11)5-10-3-2-9(8-16)4-12(10)14/h3-4,9,11,16H,2,5-8H2,1H3. The average molecular weight is 255 g/mol. The number of nitrogens with zero attached hydrogens (tertiary/aromatic N) is 1. The summed E-state index contributed by atoms with van der Waals surface area (Å²) < 4.78 is 18.3. The molecule has 0 bridgehead atoms. The average Bonchev–Trinajstić information content (AvgIpc) is 2.33. The van der Waals surface area contributed by atoms with Crippen LogP contribution in [0.25, 0.3) is 0 Å². The number of rotatable bonds is 4. The van der Waals surface area contributed by atoms with Gasteiger partial charge in [0.15, 0.2) is 0 Å². The van der Waals surface area contributed by atoms with Gasteiger partial charge in [0.2, 0.25) is 0 Å². The number of esters is 1. The molecule has 1 heterocycles. The Hall–Kier alpha value is -1.20. The van der Waals surface area contributed by atoms with Crippen molar-refractivity contribution in [2.24, 2.45) is 11.8 Å². The summed E-state index contributed by atoms with van der Waals surface area (Å²) in [7, 11) is 1.38. The van der Waals surface area contributed by atoms with Crippen LogP contribution in [0, 0.1) is 11.8 Å². The molecule has 0 aromatic carbocycles. The van der Waals surface area contributed by atoms with E-state index in [9.17, 15) is 9.18 Å². The van der Waals surface area contributed by atoms with Gasteiger partial charge in [-0.1, -0.05) is 6.08 Å². The van der Waals surface area contributed by atoms with Crippen molar-refractivity contribution < 1.29 is 19.0 Å². The highest BCUT2D eigenvalue weighted by Gasteiger charge is 2.34. The summed E-state index contributed by atoms with van der Waals surface area (Å²) in [5.74, 6) is -0.619. The summed E-state index contributed by atoms with van der Waals surface area (Å²) in [4.78, 5) is 13.2. The maximum absolute atomic E-state index is 13.7. The SMILES string of the molecule is COC(=O)C1CN(CC2=CCC(CO)C=C2F)C1. The van der Waals surface area contributed by atoms with E-state index >= 15 is 0 Å². The van der Waals surface area contributed by atoms with E-state index in [4.69, 9.17) is 5.11 Å². The molecular formula is C13H18FNO3. The van der Waals surface area contributed by atoms with Crippen LogP contribution in [0.5, 0.6) is 0 Å². The molecule has 5 heteroatoms. The molecule has 0 radical (unpaired) electrons. The Kier molecular flexibility index (Phi) is 4.14. The van der Waals surface area contributed by atoms with Crippen LogP contribution >= 0.6 is 0 Å². The molecule has 1 fully saturated rings. The maximum atomic E-state index is 13.7. The van der Waals surface area contributed by atoms with Crippen LogP contribution in [-0.2, 0) is 9.53 Å². The number of ether oxygens (including phenoxy) is 1. The van der Waals surface area contributed by atoms with Gasteiger partial charge in [-0.05, 0) is 18.1 Å². The Balaban J connectivity index is 1.81. The third kappa shape index (κ3) is 2.79. The summed E-state index contributed by atoms with van der Waals surface area (Å²) in [6.07, 6.45) is 3.99. The highest BCUT2D eigenvalue weighted by molar-refractivity contribution is 5.73. The first kappa shape index (κ1) is 13.2. The number of hydrogen-bond acceptors (Lipinski definition) is 4. The van der Waals surface area contributed by atoms with E-state index in [1.165, 1.54) is 13.2 Å². The van der Waals surface area contributed by atoms with Gasteiger partial charge in [-0.25, -0.2) is 4.39 Å². The van der Waals surface area contributed by atoms with Crippen molar-refractivity contribution in [3.8, 4) is 0 Å². The molecule has 1 saturated heterocycles. The zero-order valence-electron chi connectivity index (χ0n) is 10.4. The van der Waals surface area contributed by atoms with Crippen molar-refractivity contribution in [1.29, 1.82) is 0 Å². The summed E-state index contributed by atoms with van der Waals surface area (Å²) in [6, 6.07) is 0. The topological polar surface area (TPSA) is 49.8 Å². The first-order chi connectivity index (χ1) is 8.63. The van der Waals surface area contributed by atoms with Crippen molar-refractivity contribution in [3.63, 3.8) is 0 Å². The Morgan fingerprint density at radius 3 is 2.89 bits per heavy atom. The van der Waals surface area contributed by atoms with E-state index in [0.29, 0.717) is 31.6 Å². The van der Waals surface area contributed by atoms with Crippen molar-refractivity contribution in [2.75, 3.05) is 33.4 Å². The number of carbonyl (C=O) groups is 1. The van der Waals surface area contributed by atoms with Crippen LogP contribution < -0.4 is 0 Å². The number of likely N-dealkylation sites (tertiary alicyclic amines) is 1. The molecule has 1 aliphatic heterocycles. The lowest BCUT2D eigenvalue weighted by molar-refractivity contribution is -0.151. The van der Waals surface area contributed by atoms with Crippen molar-refractivity contribution in [1.82, 2.24) is 4.90 Å². The number of hydrogen-bond donors (Lipinski definition) is 1. The monoisotopic (exact) mass is 255 g/mol. The van der Waals surface area contributed by atoms with E-state index < -0.39 is 0 Å². The van der Waals surface area contributed by atoms with Crippen molar-refractivity contribution >= 4 is 5.97 Å². The van der Waals surface area contributed by atoms with Gasteiger partial charge in [0, 0.05) is 32.2 Å². The first-order valence-corrected chi connectivity index (χ1v) is 6.11. The summed E-state index contributed by atoms with van der Waals surface area (Å²) in [5.41, 5.74) is 0.656. The number of aliphatic hydroxyl groups excluding tert-OH is 1. The fraction of sp³-hybridized carbons (Fsp3) is 0.615. The van der Waals surface area contributed by atoms with Gasteiger partial charge >= 0.3 is 5.97 Å². The lowest BCUT2D eigenvalue weighted by Gasteiger charge is -2.38. The molecule has 0 aromatic heterocycles. The molecule has 2 aliphatic rings. The van der Waals surface area contributed by atoms with Crippen LogP contribution in [0.3, 0.4) is 0 Å². The van der Waals surface area contributed by atoms with Gasteiger partial charge in [-0.15, -0.1) is 0 Å². The minimum absolute atomic E-state index is 0.0225. The molecular weight excluding hydrogens is 237 g/mol. The molecule has 1 N–H and O–H groups in total. The normalized spacial score (nSPS) is 25.2. The van der Waals surface area contributed by atoms with Gasteiger partial charge in [0.05, 0.1) is 13.0 Å². The maximum Gasteiger partial charge on any atom is 0.311 e. The first-order valence-electron chi connectivity index (χ1n) is 6.11. The van der Waals surface area contributed by atoms with E-state index in [-0.39, 0.29) is 30.2 Å². The second-order valence-electron chi connectivity index (χ2n) is 4.84. The highest BCUT2D eigenvalue weighted by atomic mass is 19.1. The third-order valence-corrected chi connectivity index (χ3v) is 3.48. The van der Waals surface area contributed by atoms with E-state index in [1.807, 2.05) is 11.0 Å². The highest BCUT2D eigenvalue weighted by Crippen LogP contribution is 2.27. The summed E-state index contributed by atoms with van der Waals surface area (Å²) >= 11 is 0. The second kappa shape index (κ2) is 5.63. The summed E-state index contributed by atoms with van der Waals surface area (Å²) in [5, 5.41) is 8.95. The third-order valence-electron chi connectivity index (χ3n) is 3.48. The summed E-state index contributed by atoms with van der Waals surface area (Å²) in [6.45, 7) is 1.75. The zero-order valence-corrected chi connectivity index (χ0v) is 10.4. The fourth-order valence-electron chi connectivity index (χ4n) is 2.30. The van der Waals surface area contributed by atoms with Crippen LogP contribution in [0.1, 0.15) is 6.42 Å². The molecule has 0 spiro atoms. The smallest absolute Gasteiger partial charge is 0.311 e. The molecule has 18 heavy (non-hydrogen) atoms. The largest absolute Gasteiger partial charge is 0.469 e. The quantitative estimate of drug-likeness (QED) is 0.758. The van der Waals surface area contributed by atoms with Crippen LogP contribution in [0.4, 0.5) is 4.39 Å². The molecule has 1 atom stereocenters. The lowest BCUT2D eigenvalue weighted by atomic mass is 9.94. The Bertz CT molecular complexity index is 386. The number of methoxy groups -OCH3 is 1. The van der Waals surface area contributed by atoms with Crippen molar-refractivity contribution in [2.45, 2.75) is 6.42 Å². The molecule has 1 unspecified atom stereocenters. The van der Waals surface area contributed by atoms with Gasteiger partial charge in [-0.3, -0.25) is 9.69 Å². The van der Waals surface area contributed by atoms with Gasteiger partial charge < -0.3 is 9.84 Å². The minimum Gasteiger partial charge on any atom is -0.469 e.